The minimum atomic E-state index is -0.575. The topological polar surface area (TPSA) is 23.8 Å². The molecule has 1 aromatic carbocycles. The Bertz CT molecular complexity index is 370. The predicted molar refractivity (Wildman–Crippen MR) is 60.1 cm³/mol. The fourth-order valence-electron chi connectivity index (χ4n) is 1.14. The van der Waals surface area contributed by atoms with Crippen LogP contribution in [0.1, 0.15) is 18.4 Å². The van der Waals surface area contributed by atoms with Crippen LogP contribution in [0.15, 0.2) is 18.2 Å². The van der Waals surface area contributed by atoms with Crippen molar-refractivity contribution in [2.45, 2.75) is 18.2 Å². The zero-order valence-corrected chi connectivity index (χ0v) is 9.74. The van der Waals surface area contributed by atoms with Gasteiger partial charge in [-0.15, -0.1) is 11.6 Å². The van der Waals surface area contributed by atoms with Gasteiger partial charge in [-0.05, 0) is 17.7 Å². The quantitative estimate of drug-likeness (QED) is 0.719. The first kappa shape index (κ1) is 11.7. The third-order valence-corrected chi connectivity index (χ3v) is 3.05. The molecular formula is C10H8Cl3N. The molecule has 0 aliphatic rings. The van der Waals surface area contributed by atoms with E-state index in [4.69, 9.17) is 40.1 Å². The highest BCUT2D eigenvalue weighted by Crippen LogP contribution is 2.30. The molecule has 0 bridgehead atoms. The minimum absolute atomic E-state index is 0.105. The highest BCUT2D eigenvalue weighted by atomic mass is 35.5. The van der Waals surface area contributed by atoms with E-state index in [1.54, 1.807) is 18.2 Å². The molecule has 14 heavy (non-hydrogen) atoms. The number of benzene rings is 1. The standard InChI is InChI=1S/C10H8Cl3N/c1-6(10(13)5-14)8-3-2-7(11)4-9(8)12/h2-4,6,10H,1H3. The molecular weight excluding hydrogens is 240 g/mol. The molecule has 0 heterocycles. The minimum Gasteiger partial charge on any atom is -0.197 e. The Morgan fingerprint density at radius 1 is 1.36 bits per heavy atom. The zero-order valence-electron chi connectivity index (χ0n) is 7.47. The van der Waals surface area contributed by atoms with Crippen molar-refractivity contribution in [2.24, 2.45) is 0 Å². The highest BCUT2D eigenvalue weighted by Gasteiger charge is 2.18. The summed E-state index contributed by atoms with van der Waals surface area (Å²) in [5, 5.41) is 9.21. The lowest BCUT2D eigenvalue weighted by Gasteiger charge is -2.13. The predicted octanol–water partition coefficient (Wildman–Crippen LogP) is 4.23. The fraction of sp³-hybridized carbons (Fsp3) is 0.300. The molecule has 0 spiro atoms. The van der Waals surface area contributed by atoms with Crippen LogP contribution in [0.5, 0.6) is 0 Å². The Morgan fingerprint density at radius 3 is 2.50 bits per heavy atom. The molecule has 74 valence electrons. The summed E-state index contributed by atoms with van der Waals surface area (Å²) in [5.41, 5.74) is 0.845. The van der Waals surface area contributed by atoms with E-state index in [0.29, 0.717) is 10.0 Å². The van der Waals surface area contributed by atoms with Gasteiger partial charge in [-0.1, -0.05) is 36.2 Å². The van der Waals surface area contributed by atoms with Crippen molar-refractivity contribution in [1.29, 1.82) is 5.26 Å². The van der Waals surface area contributed by atoms with Crippen molar-refractivity contribution in [3.8, 4) is 6.07 Å². The largest absolute Gasteiger partial charge is 0.197 e. The molecule has 0 amide bonds. The molecule has 1 nitrogen and oxygen atoms in total. The normalized spacial score (nSPS) is 14.5. The van der Waals surface area contributed by atoms with E-state index >= 15 is 0 Å². The van der Waals surface area contributed by atoms with Gasteiger partial charge in [0.25, 0.3) is 0 Å². The monoisotopic (exact) mass is 247 g/mol. The van der Waals surface area contributed by atoms with Gasteiger partial charge in [0, 0.05) is 16.0 Å². The van der Waals surface area contributed by atoms with Crippen molar-refractivity contribution >= 4 is 34.8 Å². The molecule has 0 radical (unpaired) electrons. The average molecular weight is 249 g/mol. The van der Waals surface area contributed by atoms with Crippen molar-refractivity contribution in [2.75, 3.05) is 0 Å². The van der Waals surface area contributed by atoms with Crippen LogP contribution in [0.4, 0.5) is 0 Å². The summed E-state index contributed by atoms with van der Waals surface area (Å²) >= 11 is 17.5. The molecule has 2 atom stereocenters. The molecule has 1 aromatic rings. The van der Waals surface area contributed by atoms with Crippen molar-refractivity contribution < 1.29 is 0 Å². The van der Waals surface area contributed by atoms with E-state index in [1.807, 2.05) is 13.0 Å². The molecule has 1 rings (SSSR count). The summed E-state index contributed by atoms with van der Waals surface area (Å²) in [6.07, 6.45) is 0. The molecule has 0 aliphatic carbocycles. The van der Waals surface area contributed by atoms with Gasteiger partial charge in [0.1, 0.15) is 5.38 Å². The maximum atomic E-state index is 8.66. The Balaban J connectivity index is 3.03. The van der Waals surface area contributed by atoms with Gasteiger partial charge >= 0.3 is 0 Å². The molecule has 0 N–H and O–H groups in total. The van der Waals surface area contributed by atoms with Gasteiger partial charge in [0.05, 0.1) is 6.07 Å². The van der Waals surface area contributed by atoms with Crippen LogP contribution in [0.25, 0.3) is 0 Å². The molecule has 0 saturated heterocycles. The summed E-state index contributed by atoms with van der Waals surface area (Å²) in [6.45, 7) is 1.86. The van der Waals surface area contributed by atoms with Crippen LogP contribution in [-0.4, -0.2) is 5.38 Å². The lowest BCUT2D eigenvalue weighted by atomic mass is 9.98. The van der Waals surface area contributed by atoms with E-state index in [9.17, 15) is 0 Å². The second kappa shape index (κ2) is 4.89. The van der Waals surface area contributed by atoms with Gasteiger partial charge in [0.15, 0.2) is 0 Å². The first-order valence-electron chi connectivity index (χ1n) is 4.05. The van der Waals surface area contributed by atoms with E-state index in [-0.39, 0.29) is 5.92 Å². The van der Waals surface area contributed by atoms with E-state index in [0.717, 1.165) is 5.56 Å². The molecule has 0 aromatic heterocycles. The van der Waals surface area contributed by atoms with Crippen LogP contribution in [0.3, 0.4) is 0 Å². The molecule has 0 fully saturated rings. The maximum absolute atomic E-state index is 8.66. The molecule has 2 unspecified atom stereocenters. The maximum Gasteiger partial charge on any atom is 0.127 e. The Kier molecular flexibility index (Phi) is 4.07. The number of nitriles is 1. The first-order chi connectivity index (χ1) is 6.56. The van der Waals surface area contributed by atoms with Crippen LogP contribution in [0, 0.1) is 11.3 Å². The Morgan fingerprint density at radius 2 is 2.00 bits per heavy atom. The van der Waals surface area contributed by atoms with Gasteiger partial charge in [-0.2, -0.15) is 5.26 Å². The van der Waals surface area contributed by atoms with E-state index in [1.165, 1.54) is 0 Å². The molecule has 0 saturated carbocycles. The number of rotatable bonds is 2. The fourth-order valence-corrected chi connectivity index (χ4v) is 1.86. The number of hydrogen-bond acceptors (Lipinski definition) is 1. The Labute approximate surface area is 98.2 Å². The summed E-state index contributed by atoms with van der Waals surface area (Å²) in [6, 6.07) is 7.16. The van der Waals surface area contributed by atoms with Gasteiger partial charge in [-0.3, -0.25) is 0 Å². The Hall–Kier alpha value is -0.420. The lowest BCUT2D eigenvalue weighted by Crippen LogP contribution is -2.07. The highest BCUT2D eigenvalue weighted by molar-refractivity contribution is 6.35. The third-order valence-electron chi connectivity index (χ3n) is 2.02. The second-order valence-corrected chi connectivity index (χ2v) is 4.30. The lowest BCUT2D eigenvalue weighted by molar-refractivity contribution is 0.796. The van der Waals surface area contributed by atoms with E-state index < -0.39 is 5.38 Å². The number of nitrogens with zero attached hydrogens (tertiary/aromatic N) is 1. The molecule has 0 aliphatic heterocycles. The van der Waals surface area contributed by atoms with E-state index in [2.05, 4.69) is 0 Å². The smallest absolute Gasteiger partial charge is 0.127 e. The third kappa shape index (κ3) is 2.54. The van der Waals surface area contributed by atoms with Crippen molar-refractivity contribution in [3.05, 3.63) is 33.8 Å². The van der Waals surface area contributed by atoms with Crippen molar-refractivity contribution in [1.82, 2.24) is 0 Å². The van der Waals surface area contributed by atoms with Gasteiger partial charge < -0.3 is 0 Å². The van der Waals surface area contributed by atoms with Gasteiger partial charge in [-0.25, -0.2) is 0 Å². The van der Waals surface area contributed by atoms with Gasteiger partial charge in [0.2, 0.25) is 0 Å². The summed E-state index contributed by atoms with van der Waals surface area (Å²) in [7, 11) is 0. The number of alkyl halides is 1. The van der Waals surface area contributed by atoms with Crippen molar-refractivity contribution in [3.63, 3.8) is 0 Å². The summed E-state index contributed by atoms with van der Waals surface area (Å²) in [5.74, 6) is -0.105. The van der Waals surface area contributed by atoms with Crippen LogP contribution in [-0.2, 0) is 0 Å². The van der Waals surface area contributed by atoms with Crippen LogP contribution >= 0.6 is 34.8 Å². The number of hydrogen-bond donors (Lipinski definition) is 0. The number of halogens is 3. The first-order valence-corrected chi connectivity index (χ1v) is 5.24. The zero-order chi connectivity index (χ0) is 10.7. The second-order valence-electron chi connectivity index (χ2n) is 2.99. The average Bonchev–Trinajstić information content (AvgIpc) is 2.15. The SMILES string of the molecule is CC(c1ccc(Cl)cc1Cl)C(Cl)C#N. The summed E-state index contributed by atoms with van der Waals surface area (Å²) in [4.78, 5) is 0. The molecule has 4 heteroatoms. The summed E-state index contributed by atoms with van der Waals surface area (Å²) < 4.78 is 0. The van der Waals surface area contributed by atoms with Crippen LogP contribution < -0.4 is 0 Å². The van der Waals surface area contributed by atoms with Crippen LogP contribution in [0.2, 0.25) is 10.0 Å².